The van der Waals surface area contributed by atoms with Crippen molar-refractivity contribution in [3.8, 4) is 0 Å². The number of nitrogens with one attached hydrogen (secondary N) is 1. The summed E-state index contributed by atoms with van der Waals surface area (Å²) in [4.78, 5) is 11.6. The van der Waals surface area contributed by atoms with Crippen LogP contribution >= 0.6 is 12.4 Å². The number of carbonyl (C=O) groups excluding carboxylic acids is 1. The fraction of sp³-hybridized carbons (Fsp3) is 0.533. The van der Waals surface area contributed by atoms with Gasteiger partial charge in [0, 0.05) is 18.5 Å². The highest BCUT2D eigenvalue weighted by Crippen LogP contribution is 2.05. The molecule has 19 heavy (non-hydrogen) atoms. The van der Waals surface area contributed by atoms with Gasteiger partial charge in [0.1, 0.15) is 0 Å². The molecule has 0 aromatic heterocycles. The minimum atomic E-state index is 0. The SMILES string of the molecule is CC(N)CCC(=O)NC(C)CCc1ccccc1.Cl. The molecule has 4 heteroatoms. The molecule has 0 saturated carbocycles. The van der Waals surface area contributed by atoms with E-state index in [-0.39, 0.29) is 30.4 Å². The Kier molecular flexibility index (Phi) is 9.27. The van der Waals surface area contributed by atoms with Gasteiger partial charge in [0.2, 0.25) is 5.91 Å². The molecule has 0 radical (unpaired) electrons. The van der Waals surface area contributed by atoms with Crippen LogP contribution in [0.2, 0.25) is 0 Å². The number of rotatable bonds is 7. The molecule has 2 atom stereocenters. The lowest BCUT2D eigenvalue weighted by atomic mass is 10.1. The van der Waals surface area contributed by atoms with Crippen LogP contribution in [0.1, 0.15) is 38.7 Å². The lowest BCUT2D eigenvalue weighted by Gasteiger charge is -2.14. The van der Waals surface area contributed by atoms with Gasteiger partial charge in [0.05, 0.1) is 0 Å². The number of carbonyl (C=O) groups is 1. The summed E-state index contributed by atoms with van der Waals surface area (Å²) in [6, 6.07) is 10.6. The molecule has 0 aliphatic rings. The standard InChI is InChI=1S/C15H24N2O.ClH/c1-12(16)8-11-15(18)17-13(2)9-10-14-6-4-3-5-7-14;/h3-7,12-13H,8-11,16H2,1-2H3,(H,17,18);1H. The first kappa shape index (κ1) is 17.9. The van der Waals surface area contributed by atoms with E-state index >= 15 is 0 Å². The van der Waals surface area contributed by atoms with E-state index in [2.05, 4.69) is 17.4 Å². The van der Waals surface area contributed by atoms with Crippen molar-refractivity contribution < 1.29 is 4.79 Å². The quantitative estimate of drug-likeness (QED) is 0.809. The van der Waals surface area contributed by atoms with Crippen LogP contribution in [0, 0.1) is 0 Å². The molecule has 0 heterocycles. The number of amides is 1. The Morgan fingerprint density at radius 2 is 1.84 bits per heavy atom. The van der Waals surface area contributed by atoms with Crippen molar-refractivity contribution in [2.45, 2.75) is 51.6 Å². The van der Waals surface area contributed by atoms with Crippen molar-refractivity contribution in [2.24, 2.45) is 5.73 Å². The Bertz CT molecular complexity index is 354. The number of hydrogen-bond acceptors (Lipinski definition) is 2. The molecular formula is C15H25ClN2O. The van der Waals surface area contributed by atoms with E-state index in [9.17, 15) is 4.79 Å². The molecule has 1 aromatic carbocycles. The van der Waals surface area contributed by atoms with Gasteiger partial charge in [-0.25, -0.2) is 0 Å². The largest absolute Gasteiger partial charge is 0.354 e. The fourth-order valence-electron chi connectivity index (χ4n) is 1.81. The second-order valence-electron chi connectivity index (χ2n) is 5.01. The zero-order valence-corrected chi connectivity index (χ0v) is 12.6. The summed E-state index contributed by atoms with van der Waals surface area (Å²) in [5.74, 6) is 0.105. The van der Waals surface area contributed by atoms with Crippen molar-refractivity contribution in [1.82, 2.24) is 5.32 Å². The molecule has 1 aromatic rings. The number of benzene rings is 1. The Hall–Kier alpha value is -1.06. The first-order chi connectivity index (χ1) is 8.58. The van der Waals surface area contributed by atoms with Gasteiger partial charge in [0.15, 0.2) is 0 Å². The third-order valence-corrected chi connectivity index (χ3v) is 2.94. The fourth-order valence-corrected chi connectivity index (χ4v) is 1.81. The number of nitrogens with two attached hydrogens (primary N) is 1. The van der Waals surface area contributed by atoms with Crippen LogP contribution < -0.4 is 11.1 Å². The predicted octanol–water partition coefficient (Wildman–Crippen LogP) is 2.67. The van der Waals surface area contributed by atoms with E-state index in [4.69, 9.17) is 5.73 Å². The van der Waals surface area contributed by atoms with Crippen LogP contribution in [-0.4, -0.2) is 18.0 Å². The van der Waals surface area contributed by atoms with Crippen molar-refractivity contribution in [3.63, 3.8) is 0 Å². The molecular weight excluding hydrogens is 260 g/mol. The van der Waals surface area contributed by atoms with Crippen LogP contribution in [-0.2, 0) is 11.2 Å². The Morgan fingerprint density at radius 1 is 1.21 bits per heavy atom. The third kappa shape index (κ3) is 8.62. The molecule has 0 aliphatic heterocycles. The van der Waals surface area contributed by atoms with Gasteiger partial charge in [-0.2, -0.15) is 0 Å². The molecule has 0 fully saturated rings. The van der Waals surface area contributed by atoms with Crippen molar-refractivity contribution >= 4 is 18.3 Å². The van der Waals surface area contributed by atoms with Gasteiger partial charge in [-0.1, -0.05) is 30.3 Å². The summed E-state index contributed by atoms with van der Waals surface area (Å²) in [7, 11) is 0. The zero-order chi connectivity index (χ0) is 13.4. The maximum atomic E-state index is 11.6. The first-order valence-corrected chi connectivity index (χ1v) is 6.67. The lowest BCUT2D eigenvalue weighted by molar-refractivity contribution is -0.121. The monoisotopic (exact) mass is 284 g/mol. The molecule has 1 rings (SSSR count). The summed E-state index contributed by atoms with van der Waals surface area (Å²) < 4.78 is 0. The maximum Gasteiger partial charge on any atom is 0.220 e. The van der Waals surface area contributed by atoms with Crippen molar-refractivity contribution in [2.75, 3.05) is 0 Å². The zero-order valence-electron chi connectivity index (χ0n) is 11.8. The highest BCUT2D eigenvalue weighted by atomic mass is 35.5. The lowest BCUT2D eigenvalue weighted by Crippen LogP contribution is -2.33. The molecule has 2 unspecified atom stereocenters. The number of hydrogen-bond donors (Lipinski definition) is 2. The van der Waals surface area contributed by atoms with E-state index in [1.807, 2.05) is 32.0 Å². The van der Waals surface area contributed by atoms with E-state index in [0.717, 1.165) is 19.3 Å². The molecule has 108 valence electrons. The Balaban J connectivity index is 0.00000324. The first-order valence-electron chi connectivity index (χ1n) is 6.67. The van der Waals surface area contributed by atoms with Crippen LogP contribution in [0.15, 0.2) is 30.3 Å². The van der Waals surface area contributed by atoms with Gasteiger partial charge in [0.25, 0.3) is 0 Å². The minimum Gasteiger partial charge on any atom is -0.354 e. The minimum absolute atomic E-state index is 0. The molecule has 1 amide bonds. The van der Waals surface area contributed by atoms with Crippen LogP contribution in [0.3, 0.4) is 0 Å². The summed E-state index contributed by atoms with van der Waals surface area (Å²) in [5.41, 5.74) is 6.94. The van der Waals surface area contributed by atoms with E-state index < -0.39 is 0 Å². The van der Waals surface area contributed by atoms with Gasteiger partial charge >= 0.3 is 0 Å². The van der Waals surface area contributed by atoms with E-state index in [1.54, 1.807) is 0 Å². The van der Waals surface area contributed by atoms with Gasteiger partial charge in [-0.3, -0.25) is 4.79 Å². The summed E-state index contributed by atoms with van der Waals surface area (Å²) >= 11 is 0. The topological polar surface area (TPSA) is 55.1 Å². The molecule has 0 bridgehead atoms. The molecule has 0 saturated heterocycles. The summed E-state index contributed by atoms with van der Waals surface area (Å²) in [5, 5.41) is 3.01. The predicted molar refractivity (Wildman–Crippen MR) is 82.5 cm³/mol. The Morgan fingerprint density at radius 3 is 2.42 bits per heavy atom. The normalized spacial score (nSPS) is 13.2. The van der Waals surface area contributed by atoms with Crippen LogP contribution in [0.5, 0.6) is 0 Å². The molecule has 3 nitrogen and oxygen atoms in total. The summed E-state index contributed by atoms with van der Waals surface area (Å²) in [6.07, 6.45) is 3.23. The smallest absolute Gasteiger partial charge is 0.220 e. The van der Waals surface area contributed by atoms with Crippen molar-refractivity contribution in [1.29, 1.82) is 0 Å². The average Bonchev–Trinajstić information content (AvgIpc) is 2.35. The van der Waals surface area contributed by atoms with Crippen LogP contribution in [0.25, 0.3) is 0 Å². The Labute approximate surface area is 122 Å². The number of aryl methyl sites for hydroxylation is 1. The molecule has 3 N–H and O–H groups in total. The number of halogens is 1. The highest BCUT2D eigenvalue weighted by molar-refractivity contribution is 5.85. The average molecular weight is 285 g/mol. The second kappa shape index (κ2) is 9.82. The third-order valence-electron chi connectivity index (χ3n) is 2.94. The summed E-state index contributed by atoms with van der Waals surface area (Å²) in [6.45, 7) is 3.97. The highest BCUT2D eigenvalue weighted by Gasteiger charge is 2.08. The second-order valence-corrected chi connectivity index (χ2v) is 5.01. The van der Waals surface area contributed by atoms with Gasteiger partial charge in [-0.05, 0) is 38.7 Å². The van der Waals surface area contributed by atoms with E-state index in [0.29, 0.717) is 6.42 Å². The molecule has 0 spiro atoms. The van der Waals surface area contributed by atoms with Crippen molar-refractivity contribution in [3.05, 3.63) is 35.9 Å². The van der Waals surface area contributed by atoms with Gasteiger partial charge < -0.3 is 11.1 Å². The van der Waals surface area contributed by atoms with E-state index in [1.165, 1.54) is 5.56 Å². The van der Waals surface area contributed by atoms with Crippen LogP contribution in [0.4, 0.5) is 0 Å². The van der Waals surface area contributed by atoms with Gasteiger partial charge in [-0.15, -0.1) is 12.4 Å². The molecule has 0 aliphatic carbocycles. The maximum absolute atomic E-state index is 11.6.